The van der Waals surface area contributed by atoms with Gasteiger partial charge in [0.2, 0.25) is 17.6 Å². The molecule has 9 rings (SSSR count). The number of amides is 3. The van der Waals surface area contributed by atoms with Crippen molar-refractivity contribution in [2.45, 2.75) is 69.5 Å². The van der Waals surface area contributed by atoms with Gasteiger partial charge in [-0.25, -0.2) is 13.6 Å². The van der Waals surface area contributed by atoms with Gasteiger partial charge in [-0.2, -0.15) is 14.6 Å². The van der Waals surface area contributed by atoms with Crippen LogP contribution in [0.25, 0.3) is 33.1 Å². The third-order valence-corrected chi connectivity index (χ3v) is 12.5. The van der Waals surface area contributed by atoms with Crippen LogP contribution in [0.1, 0.15) is 79.0 Å². The Morgan fingerprint density at radius 2 is 1.70 bits per heavy atom. The zero-order valence-corrected chi connectivity index (χ0v) is 32.9. The first kappa shape index (κ1) is 39.2. The van der Waals surface area contributed by atoms with Gasteiger partial charge < -0.3 is 10.4 Å². The molecule has 2 aliphatic heterocycles. The molecule has 3 aromatic carbocycles. The van der Waals surface area contributed by atoms with Crippen molar-refractivity contribution in [2.75, 3.05) is 26.2 Å². The lowest BCUT2D eigenvalue weighted by Gasteiger charge is -2.39. The molecule has 3 aromatic heterocycles. The van der Waals surface area contributed by atoms with Gasteiger partial charge in [-0.1, -0.05) is 18.2 Å². The minimum Gasteiger partial charge on any atom is -0.503 e. The van der Waals surface area contributed by atoms with Crippen LogP contribution < -0.4 is 16.3 Å². The van der Waals surface area contributed by atoms with Gasteiger partial charge in [0.15, 0.2) is 17.4 Å². The van der Waals surface area contributed by atoms with Crippen LogP contribution in [0.3, 0.4) is 0 Å². The standard InChI is InChI=1S/C43H44F3N9O5/c1-51-36-15-24(6-11-34(36)55(43(51)60)35-12-13-37(56)49-42(35)59)3-2-14-52-22-30(23-52)53-21-28(19-48-53)26-7-8-27-20-54(50-33(27)16-26)29-9-4-25(5-10-29)18-47-41(58)31-17-32(44)40(57)39(46)38(31)45/h6-8,11,15-17,19-21,25,29-30,35,57H,2-5,9-10,12-14,18,22-23H2,1H3,(H,47,58)(H,49,56,59)/t25-,29-,35?. The van der Waals surface area contributed by atoms with Gasteiger partial charge in [0, 0.05) is 56.4 Å². The van der Waals surface area contributed by atoms with Crippen LogP contribution in [-0.4, -0.2) is 82.6 Å². The number of likely N-dealkylation sites (tertiary alicyclic amines) is 1. The van der Waals surface area contributed by atoms with Crippen molar-refractivity contribution >= 4 is 39.7 Å². The number of carbonyl (C=O) groups excluding carboxylic acids is 3. The lowest BCUT2D eigenvalue weighted by atomic mass is 9.86. The van der Waals surface area contributed by atoms with E-state index in [0.29, 0.717) is 18.0 Å². The molecule has 3 aliphatic rings. The van der Waals surface area contributed by atoms with Gasteiger partial charge in [0.25, 0.3) is 5.91 Å². The number of fused-ring (bicyclic) bond motifs is 2. The Kier molecular flexibility index (Phi) is 10.3. The Hall–Kier alpha value is -6.23. The van der Waals surface area contributed by atoms with E-state index < -0.39 is 46.6 Å². The fraction of sp³-hybridized carbons (Fsp3) is 0.395. The highest BCUT2D eigenvalue weighted by Crippen LogP contribution is 2.34. The lowest BCUT2D eigenvalue weighted by Crippen LogP contribution is -2.48. The molecule has 3 N–H and O–H groups in total. The van der Waals surface area contributed by atoms with E-state index in [-0.39, 0.29) is 42.6 Å². The van der Waals surface area contributed by atoms with Crippen LogP contribution in [-0.2, 0) is 23.1 Å². The van der Waals surface area contributed by atoms with Gasteiger partial charge >= 0.3 is 5.69 Å². The van der Waals surface area contributed by atoms with E-state index in [2.05, 4.69) is 46.1 Å². The number of phenols is 1. The molecule has 0 spiro atoms. The second-order valence-electron chi connectivity index (χ2n) is 16.4. The Morgan fingerprint density at radius 3 is 2.48 bits per heavy atom. The molecular formula is C43H44F3N9O5. The highest BCUT2D eigenvalue weighted by Gasteiger charge is 2.32. The highest BCUT2D eigenvalue weighted by atomic mass is 19.2. The molecule has 3 amide bonds. The minimum atomic E-state index is -1.78. The fourth-order valence-corrected chi connectivity index (χ4v) is 8.98. The number of halogens is 3. The Labute approximate surface area is 341 Å². The zero-order valence-electron chi connectivity index (χ0n) is 32.9. The molecule has 0 radical (unpaired) electrons. The predicted molar refractivity (Wildman–Crippen MR) is 215 cm³/mol. The summed E-state index contributed by atoms with van der Waals surface area (Å²) in [4.78, 5) is 52.2. The van der Waals surface area contributed by atoms with Crippen molar-refractivity contribution in [3.63, 3.8) is 0 Å². The summed E-state index contributed by atoms with van der Waals surface area (Å²) in [5, 5.41) is 24.8. The van der Waals surface area contributed by atoms with Crippen molar-refractivity contribution < 1.29 is 32.7 Å². The number of benzene rings is 3. The number of imidazole rings is 1. The second-order valence-corrected chi connectivity index (χ2v) is 16.4. The maximum absolute atomic E-state index is 14.1. The first-order valence-corrected chi connectivity index (χ1v) is 20.4. The molecule has 14 nitrogen and oxygen atoms in total. The number of imide groups is 1. The fourth-order valence-electron chi connectivity index (χ4n) is 8.98. The first-order chi connectivity index (χ1) is 28.9. The van der Waals surface area contributed by atoms with E-state index in [1.54, 1.807) is 11.6 Å². The molecule has 1 saturated carbocycles. The number of nitrogens with zero attached hydrogens (tertiary/aromatic N) is 7. The number of hydrogen-bond acceptors (Lipinski definition) is 8. The molecule has 3 fully saturated rings. The van der Waals surface area contributed by atoms with E-state index in [1.807, 2.05) is 33.8 Å². The summed E-state index contributed by atoms with van der Waals surface area (Å²) >= 11 is 0. The molecule has 0 bridgehead atoms. The third kappa shape index (κ3) is 7.35. The Bertz CT molecular complexity index is 2720. The lowest BCUT2D eigenvalue weighted by molar-refractivity contribution is -0.135. The molecule has 17 heteroatoms. The van der Waals surface area contributed by atoms with E-state index in [0.717, 1.165) is 91.3 Å². The van der Waals surface area contributed by atoms with Gasteiger partial charge in [-0.05, 0) is 92.8 Å². The summed E-state index contributed by atoms with van der Waals surface area (Å²) in [6.45, 7) is 2.97. The molecule has 5 heterocycles. The van der Waals surface area contributed by atoms with Gasteiger partial charge in [0.05, 0.1) is 40.4 Å². The predicted octanol–water partition coefficient (Wildman–Crippen LogP) is 5.30. The largest absolute Gasteiger partial charge is 0.503 e. The normalized spacial score (nSPS) is 20.2. The van der Waals surface area contributed by atoms with Crippen LogP contribution in [0.15, 0.2) is 65.8 Å². The summed E-state index contributed by atoms with van der Waals surface area (Å²) in [5.74, 6) is -7.78. The number of phenolic OH excluding ortho intramolecular Hbond substituents is 1. The molecule has 312 valence electrons. The maximum atomic E-state index is 14.1. The molecule has 1 atom stereocenters. The zero-order chi connectivity index (χ0) is 41.8. The second kappa shape index (κ2) is 15.7. The van der Waals surface area contributed by atoms with Crippen LogP contribution in [0.4, 0.5) is 13.2 Å². The Morgan fingerprint density at radius 1 is 0.900 bits per heavy atom. The van der Waals surface area contributed by atoms with Crippen molar-refractivity contribution in [3.05, 3.63) is 100 Å². The van der Waals surface area contributed by atoms with Crippen LogP contribution in [0, 0.1) is 23.4 Å². The summed E-state index contributed by atoms with van der Waals surface area (Å²) in [7, 11) is 1.71. The van der Waals surface area contributed by atoms with Crippen molar-refractivity contribution in [1.29, 1.82) is 0 Å². The average Bonchev–Trinajstić information content (AvgIpc) is 3.95. The summed E-state index contributed by atoms with van der Waals surface area (Å²) in [6.07, 6.45) is 11.6. The maximum Gasteiger partial charge on any atom is 0.329 e. The molecule has 60 heavy (non-hydrogen) atoms. The monoisotopic (exact) mass is 823 g/mol. The molecule has 2 saturated heterocycles. The molecule has 1 unspecified atom stereocenters. The SMILES string of the molecule is Cn1c(=O)n(C2CCC(=O)NC2=O)c2ccc(CCCN3CC(n4cc(-c5ccc6cn([C@H]7CC[C@H](CNC(=O)c8cc(F)c(O)c(F)c8F)CC7)nc6c5)cn4)C3)cc21. The third-order valence-electron chi connectivity index (χ3n) is 12.5. The van der Waals surface area contributed by atoms with E-state index in [9.17, 15) is 37.5 Å². The Balaban J connectivity index is 0.746. The van der Waals surface area contributed by atoms with Crippen LogP contribution in [0.2, 0.25) is 0 Å². The van der Waals surface area contributed by atoms with Gasteiger partial charge in [-0.15, -0.1) is 0 Å². The number of piperidine rings is 1. The number of hydrogen-bond donors (Lipinski definition) is 3. The van der Waals surface area contributed by atoms with Gasteiger partial charge in [-0.3, -0.25) is 43.1 Å². The number of aromatic nitrogens is 6. The number of aromatic hydroxyl groups is 1. The quantitative estimate of drug-likeness (QED) is 0.117. The van der Waals surface area contributed by atoms with E-state index in [1.165, 1.54) is 4.57 Å². The number of aryl methyl sites for hydroxylation is 2. The van der Waals surface area contributed by atoms with E-state index in [4.69, 9.17) is 10.2 Å². The number of carbonyl (C=O) groups is 3. The molecule has 6 aromatic rings. The van der Waals surface area contributed by atoms with Crippen LogP contribution >= 0.6 is 0 Å². The smallest absolute Gasteiger partial charge is 0.329 e. The number of nitrogens with one attached hydrogen (secondary N) is 2. The molecule has 1 aliphatic carbocycles. The van der Waals surface area contributed by atoms with Crippen molar-refractivity contribution in [1.82, 2.24) is 44.2 Å². The van der Waals surface area contributed by atoms with Crippen molar-refractivity contribution in [3.8, 4) is 16.9 Å². The minimum absolute atomic E-state index is 0.117. The van der Waals surface area contributed by atoms with Crippen LogP contribution in [0.5, 0.6) is 5.75 Å². The summed E-state index contributed by atoms with van der Waals surface area (Å²) < 4.78 is 48.7. The average molecular weight is 824 g/mol. The topological polar surface area (TPSA) is 161 Å². The number of rotatable bonds is 11. The molecular weight excluding hydrogens is 780 g/mol. The van der Waals surface area contributed by atoms with E-state index >= 15 is 0 Å². The van der Waals surface area contributed by atoms with Gasteiger partial charge in [0.1, 0.15) is 6.04 Å². The first-order valence-electron chi connectivity index (χ1n) is 20.4. The summed E-state index contributed by atoms with van der Waals surface area (Å²) in [6, 6.07) is 12.4. The summed E-state index contributed by atoms with van der Waals surface area (Å²) in [5.41, 5.74) is 4.45. The van der Waals surface area contributed by atoms with Crippen molar-refractivity contribution in [2.24, 2.45) is 13.0 Å². The highest BCUT2D eigenvalue weighted by molar-refractivity contribution is 6.00.